The molecule has 0 spiro atoms. The number of sulfonamides is 1. The monoisotopic (exact) mass is 466 g/mol. The van der Waals surface area contributed by atoms with Crippen LogP contribution in [0.15, 0.2) is 41.3 Å². The zero-order valence-corrected chi connectivity index (χ0v) is 18.5. The molecule has 0 bridgehead atoms. The lowest BCUT2D eigenvalue weighted by atomic mass is 9.98. The number of benzene rings is 2. The molecule has 1 fully saturated rings. The van der Waals surface area contributed by atoms with Gasteiger partial charge < -0.3 is 10.1 Å². The molecule has 2 aromatic rings. The van der Waals surface area contributed by atoms with E-state index in [0.717, 1.165) is 27.6 Å². The first-order chi connectivity index (χ1) is 15.1. The number of hydrogen-bond donors (Lipinski definition) is 1. The number of nitrogens with one attached hydrogen (secondary N) is 1. The van der Waals surface area contributed by atoms with Gasteiger partial charge in [0.25, 0.3) is 5.91 Å². The molecule has 10 heteroatoms. The highest BCUT2D eigenvalue weighted by Gasteiger charge is 2.33. The van der Waals surface area contributed by atoms with Gasteiger partial charge in [-0.05, 0) is 56.0 Å². The molecular weight excluding hydrogens is 442 g/mol. The summed E-state index contributed by atoms with van der Waals surface area (Å²) in [6.07, 6.45) is 0.389. The number of ether oxygens (including phenoxy) is 1. The molecule has 1 aliphatic heterocycles. The van der Waals surface area contributed by atoms with Gasteiger partial charge in [0, 0.05) is 18.8 Å². The number of nitrogens with zero attached hydrogens (tertiary/aromatic N) is 1. The van der Waals surface area contributed by atoms with E-state index in [1.165, 1.54) is 0 Å². The van der Waals surface area contributed by atoms with Gasteiger partial charge in [-0.25, -0.2) is 17.2 Å². The maximum atomic E-state index is 13.4. The van der Waals surface area contributed by atoms with E-state index in [1.807, 2.05) is 32.0 Å². The van der Waals surface area contributed by atoms with E-state index in [-0.39, 0.29) is 30.8 Å². The summed E-state index contributed by atoms with van der Waals surface area (Å²) >= 11 is 0. The number of aryl methyl sites for hydroxylation is 2. The number of para-hydroxylation sites is 1. The maximum absolute atomic E-state index is 13.4. The average Bonchev–Trinajstić information content (AvgIpc) is 2.76. The molecule has 1 N–H and O–H groups in total. The average molecular weight is 467 g/mol. The molecule has 0 aromatic heterocycles. The highest BCUT2D eigenvalue weighted by Crippen LogP contribution is 2.25. The zero-order valence-electron chi connectivity index (χ0n) is 17.7. The zero-order chi connectivity index (χ0) is 23.5. The summed E-state index contributed by atoms with van der Waals surface area (Å²) in [6.45, 7) is 3.32. The minimum absolute atomic E-state index is 0.0235. The second kappa shape index (κ2) is 9.74. The van der Waals surface area contributed by atoms with Gasteiger partial charge >= 0.3 is 5.97 Å². The molecule has 1 aliphatic rings. The Hall–Kier alpha value is -2.85. The van der Waals surface area contributed by atoms with Crippen LogP contribution in [0.2, 0.25) is 0 Å². The Balaban J connectivity index is 1.52. The summed E-state index contributed by atoms with van der Waals surface area (Å²) in [6, 6.07) is 7.99. The predicted molar refractivity (Wildman–Crippen MR) is 113 cm³/mol. The molecule has 0 aliphatic carbocycles. The lowest BCUT2D eigenvalue weighted by Crippen LogP contribution is -2.41. The molecule has 0 saturated carbocycles. The molecule has 0 radical (unpaired) electrons. The van der Waals surface area contributed by atoms with E-state index in [9.17, 15) is 26.8 Å². The fourth-order valence-electron chi connectivity index (χ4n) is 3.56. The summed E-state index contributed by atoms with van der Waals surface area (Å²) in [7, 11) is -4.01. The number of hydrogen-bond acceptors (Lipinski definition) is 5. The Morgan fingerprint density at radius 2 is 1.69 bits per heavy atom. The van der Waals surface area contributed by atoms with Crippen molar-refractivity contribution in [2.75, 3.05) is 25.0 Å². The fourth-order valence-corrected chi connectivity index (χ4v) is 5.04. The largest absolute Gasteiger partial charge is 0.455 e. The SMILES string of the molecule is Cc1cccc(C)c1NC(=O)COC(=O)C1CCN(S(=O)(=O)c2ccc(F)c(F)c2)CC1. The highest BCUT2D eigenvalue weighted by molar-refractivity contribution is 7.89. The smallest absolute Gasteiger partial charge is 0.309 e. The number of esters is 1. The van der Waals surface area contributed by atoms with Gasteiger partial charge in [0.1, 0.15) is 0 Å². The predicted octanol–water partition coefficient (Wildman–Crippen LogP) is 3.16. The van der Waals surface area contributed by atoms with Crippen LogP contribution in [-0.2, 0) is 24.3 Å². The van der Waals surface area contributed by atoms with E-state index < -0.39 is 46.1 Å². The molecule has 0 unspecified atom stereocenters. The third kappa shape index (κ3) is 5.31. The van der Waals surface area contributed by atoms with Crippen molar-refractivity contribution in [2.24, 2.45) is 5.92 Å². The first-order valence-electron chi connectivity index (χ1n) is 10.1. The number of anilines is 1. The van der Waals surface area contributed by atoms with Gasteiger partial charge in [0.15, 0.2) is 18.2 Å². The van der Waals surface area contributed by atoms with Crippen LogP contribution in [0.5, 0.6) is 0 Å². The number of halogens is 2. The van der Waals surface area contributed by atoms with Crippen molar-refractivity contribution in [1.82, 2.24) is 4.31 Å². The van der Waals surface area contributed by atoms with Gasteiger partial charge in [-0.2, -0.15) is 4.31 Å². The third-order valence-electron chi connectivity index (χ3n) is 5.41. The first-order valence-corrected chi connectivity index (χ1v) is 11.5. The van der Waals surface area contributed by atoms with Crippen LogP contribution in [0.25, 0.3) is 0 Å². The summed E-state index contributed by atoms with van der Waals surface area (Å²) in [5.74, 6) is -3.98. The van der Waals surface area contributed by atoms with Crippen LogP contribution in [0.3, 0.4) is 0 Å². The number of rotatable bonds is 6. The van der Waals surface area contributed by atoms with Gasteiger partial charge in [-0.3, -0.25) is 9.59 Å². The standard InChI is InChI=1S/C22H24F2N2O5S/c1-14-4-3-5-15(2)21(14)25-20(27)13-31-22(28)16-8-10-26(11-9-16)32(29,30)17-6-7-18(23)19(24)12-17/h3-7,12,16H,8-11,13H2,1-2H3,(H,25,27). The second-order valence-electron chi connectivity index (χ2n) is 7.68. The van der Waals surface area contributed by atoms with Crippen molar-refractivity contribution < 1.29 is 31.5 Å². The van der Waals surface area contributed by atoms with E-state index >= 15 is 0 Å². The molecule has 32 heavy (non-hydrogen) atoms. The quantitative estimate of drug-likeness (QED) is 0.661. The van der Waals surface area contributed by atoms with Crippen molar-refractivity contribution in [1.29, 1.82) is 0 Å². The molecule has 172 valence electrons. The summed E-state index contributed by atoms with van der Waals surface area (Å²) in [4.78, 5) is 24.2. The van der Waals surface area contributed by atoms with Gasteiger partial charge in [-0.1, -0.05) is 18.2 Å². The minimum Gasteiger partial charge on any atom is -0.455 e. The fraction of sp³-hybridized carbons (Fsp3) is 0.364. The Kier molecular flexibility index (Phi) is 7.25. The molecule has 1 heterocycles. The number of carbonyl (C=O) groups excluding carboxylic acids is 2. The molecular formula is C22H24F2N2O5S. The second-order valence-corrected chi connectivity index (χ2v) is 9.61. The molecule has 1 amide bonds. The van der Waals surface area contributed by atoms with Crippen molar-refractivity contribution in [3.05, 3.63) is 59.2 Å². The highest BCUT2D eigenvalue weighted by atomic mass is 32.2. The number of carbonyl (C=O) groups is 2. The van der Waals surface area contributed by atoms with Gasteiger partial charge in [-0.15, -0.1) is 0 Å². The Labute approximate surface area is 185 Å². The minimum atomic E-state index is -4.01. The summed E-state index contributed by atoms with van der Waals surface area (Å²) < 4.78 is 58.0. The first kappa shape index (κ1) is 23.8. The molecule has 7 nitrogen and oxygen atoms in total. The Morgan fingerprint density at radius 3 is 2.28 bits per heavy atom. The van der Waals surface area contributed by atoms with Crippen LogP contribution >= 0.6 is 0 Å². The van der Waals surface area contributed by atoms with Crippen LogP contribution in [0.1, 0.15) is 24.0 Å². The van der Waals surface area contributed by atoms with Crippen LogP contribution in [0.4, 0.5) is 14.5 Å². The Morgan fingerprint density at radius 1 is 1.06 bits per heavy atom. The topological polar surface area (TPSA) is 92.8 Å². The van der Waals surface area contributed by atoms with Crippen molar-refractivity contribution in [3.63, 3.8) is 0 Å². The lowest BCUT2D eigenvalue weighted by Gasteiger charge is -2.30. The summed E-state index contributed by atoms with van der Waals surface area (Å²) in [5, 5.41) is 2.73. The van der Waals surface area contributed by atoms with E-state index in [2.05, 4.69) is 5.32 Å². The summed E-state index contributed by atoms with van der Waals surface area (Å²) in [5.41, 5.74) is 2.45. The van der Waals surface area contributed by atoms with Crippen LogP contribution < -0.4 is 5.32 Å². The van der Waals surface area contributed by atoms with Crippen molar-refractivity contribution in [3.8, 4) is 0 Å². The van der Waals surface area contributed by atoms with E-state index in [4.69, 9.17) is 4.74 Å². The van der Waals surface area contributed by atoms with Crippen molar-refractivity contribution >= 4 is 27.6 Å². The molecule has 1 saturated heterocycles. The molecule has 3 rings (SSSR count). The molecule has 0 atom stereocenters. The lowest BCUT2D eigenvalue weighted by molar-refractivity contribution is -0.152. The molecule has 2 aromatic carbocycles. The number of amides is 1. The Bertz CT molecular complexity index is 1110. The maximum Gasteiger partial charge on any atom is 0.309 e. The number of piperidine rings is 1. The van der Waals surface area contributed by atoms with Gasteiger partial charge in [0.2, 0.25) is 10.0 Å². The van der Waals surface area contributed by atoms with Crippen LogP contribution in [0, 0.1) is 31.4 Å². The van der Waals surface area contributed by atoms with Crippen LogP contribution in [-0.4, -0.2) is 44.3 Å². The van der Waals surface area contributed by atoms with Gasteiger partial charge in [0.05, 0.1) is 10.8 Å². The third-order valence-corrected chi connectivity index (χ3v) is 7.30. The van der Waals surface area contributed by atoms with E-state index in [1.54, 1.807) is 0 Å². The normalized spacial score (nSPS) is 15.4. The van der Waals surface area contributed by atoms with Crippen molar-refractivity contribution in [2.45, 2.75) is 31.6 Å². The van der Waals surface area contributed by atoms with E-state index in [0.29, 0.717) is 11.8 Å².